The van der Waals surface area contributed by atoms with E-state index in [2.05, 4.69) is 0 Å². The molecule has 0 aliphatic rings. The first-order valence-corrected chi connectivity index (χ1v) is 7.01. The van der Waals surface area contributed by atoms with Gasteiger partial charge in [0.05, 0.1) is 0 Å². The molecular weight excluding hydrogens is 260 g/mol. The Morgan fingerprint density at radius 1 is 0.905 bits per heavy atom. The zero-order chi connectivity index (χ0) is 15.1. The maximum absolute atomic E-state index is 12.1. The minimum absolute atomic E-state index is 0.253. The second kappa shape index (κ2) is 7.34. The van der Waals surface area contributed by atoms with Crippen molar-refractivity contribution in [1.82, 2.24) is 0 Å². The number of allylic oxidation sites excluding steroid dienone is 1. The van der Waals surface area contributed by atoms with Crippen molar-refractivity contribution < 1.29 is 9.59 Å². The van der Waals surface area contributed by atoms with Gasteiger partial charge in [-0.2, -0.15) is 0 Å². The third-order valence-corrected chi connectivity index (χ3v) is 3.28. The SMILES string of the molecule is C/C(=C\c1ccccc1)C(=O)C(=O)CCc1ccccc1. The Kier molecular flexibility index (Phi) is 5.22. The highest BCUT2D eigenvalue weighted by molar-refractivity contribution is 6.44. The lowest BCUT2D eigenvalue weighted by molar-refractivity contribution is -0.134. The molecule has 0 amide bonds. The number of rotatable bonds is 6. The molecule has 2 aromatic rings. The Balaban J connectivity index is 1.96. The second-order valence-corrected chi connectivity index (χ2v) is 4.98. The molecule has 2 nitrogen and oxygen atoms in total. The van der Waals surface area contributed by atoms with Gasteiger partial charge in [0.1, 0.15) is 0 Å². The van der Waals surface area contributed by atoms with E-state index in [-0.39, 0.29) is 12.2 Å². The number of ketones is 2. The van der Waals surface area contributed by atoms with Crippen molar-refractivity contribution in [1.29, 1.82) is 0 Å². The maximum Gasteiger partial charge on any atom is 0.224 e. The van der Waals surface area contributed by atoms with Crippen molar-refractivity contribution in [2.75, 3.05) is 0 Å². The van der Waals surface area contributed by atoms with Crippen molar-refractivity contribution in [3.8, 4) is 0 Å². The molecule has 106 valence electrons. The Morgan fingerprint density at radius 3 is 2.10 bits per heavy atom. The van der Waals surface area contributed by atoms with E-state index in [1.54, 1.807) is 13.0 Å². The summed E-state index contributed by atoms with van der Waals surface area (Å²) in [6.45, 7) is 1.69. The normalized spacial score (nSPS) is 11.2. The summed E-state index contributed by atoms with van der Waals surface area (Å²) in [5.41, 5.74) is 2.49. The van der Waals surface area contributed by atoms with Crippen LogP contribution in [0.5, 0.6) is 0 Å². The van der Waals surface area contributed by atoms with Crippen LogP contribution in [0, 0.1) is 0 Å². The van der Waals surface area contributed by atoms with Gasteiger partial charge < -0.3 is 0 Å². The van der Waals surface area contributed by atoms with Gasteiger partial charge >= 0.3 is 0 Å². The predicted molar refractivity (Wildman–Crippen MR) is 84.9 cm³/mol. The molecule has 0 aromatic heterocycles. The van der Waals surface area contributed by atoms with E-state index in [0.717, 1.165) is 11.1 Å². The summed E-state index contributed by atoms with van der Waals surface area (Å²) < 4.78 is 0. The van der Waals surface area contributed by atoms with Crippen molar-refractivity contribution >= 4 is 17.6 Å². The standard InChI is InChI=1S/C19H18O2/c1-15(14-17-10-6-3-7-11-17)19(21)18(20)13-12-16-8-4-2-5-9-16/h2-11,14H,12-13H2,1H3/b15-14+. The summed E-state index contributed by atoms with van der Waals surface area (Å²) in [7, 11) is 0. The minimum Gasteiger partial charge on any atom is -0.290 e. The number of carbonyl (C=O) groups is 2. The number of Topliss-reactive ketones (excluding diaryl/α,β-unsaturated/α-hetero) is 2. The number of benzene rings is 2. The first-order chi connectivity index (χ1) is 10.2. The molecule has 2 aromatic carbocycles. The van der Waals surface area contributed by atoms with E-state index in [9.17, 15) is 9.59 Å². The smallest absolute Gasteiger partial charge is 0.224 e. The molecule has 0 radical (unpaired) electrons. The minimum atomic E-state index is -0.394. The van der Waals surface area contributed by atoms with Gasteiger partial charge in [0.2, 0.25) is 11.6 Å². The molecule has 0 saturated carbocycles. The van der Waals surface area contributed by atoms with Crippen molar-refractivity contribution in [3.05, 3.63) is 77.4 Å². The molecule has 0 aliphatic carbocycles. The van der Waals surface area contributed by atoms with Crippen LogP contribution < -0.4 is 0 Å². The lowest BCUT2D eigenvalue weighted by atomic mass is 10.0. The third kappa shape index (κ3) is 4.53. The topological polar surface area (TPSA) is 34.1 Å². The molecule has 0 unspecified atom stereocenters. The zero-order valence-corrected chi connectivity index (χ0v) is 12.1. The Labute approximate surface area is 125 Å². The van der Waals surface area contributed by atoms with E-state index < -0.39 is 5.78 Å². The fourth-order valence-electron chi connectivity index (χ4n) is 2.10. The molecule has 0 spiro atoms. The number of hydrogen-bond donors (Lipinski definition) is 0. The molecule has 0 aliphatic heterocycles. The highest BCUT2D eigenvalue weighted by Crippen LogP contribution is 2.09. The van der Waals surface area contributed by atoms with Gasteiger partial charge in [0.25, 0.3) is 0 Å². The third-order valence-electron chi connectivity index (χ3n) is 3.28. The summed E-state index contributed by atoms with van der Waals surface area (Å²) in [6, 6.07) is 19.3. The van der Waals surface area contributed by atoms with E-state index in [1.807, 2.05) is 60.7 Å². The predicted octanol–water partition coefficient (Wildman–Crippen LogP) is 3.86. The van der Waals surface area contributed by atoms with Crippen LogP contribution in [0.15, 0.2) is 66.2 Å². The fraction of sp³-hybridized carbons (Fsp3) is 0.158. The average molecular weight is 278 g/mol. The molecule has 2 heteroatoms. The Hall–Kier alpha value is -2.48. The van der Waals surface area contributed by atoms with Gasteiger partial charge in [0.15, 0.2) is 0 Å². The number of hydrogen-bond acceptors (Lipinski definition) is 2. The highest BCUT2D eigenvalue weighted by Gasteiger charge is 2.15. The molecular formula is C19H18O2. The van der Waals surface area contributed by atoms with Crippen LogP contribution in [-0.4, -0.2) is 11.6 Å². The van der Waals surface area contributed by atoms with E-state index in [1.165, 1.54) is 0 Å². The van der Waals surface area contributed by atoms with Gasteiger partial charge in [0, 0.05) is 12.0 Å². The van der Waals surface area contributed by atoms with Crippen LogP contribution in [0.25, 0.3) is 6.08 Å². The van der Waals surface area contributed by atoms with Crippen molar-refractivity contribution in [2.45, 2.75) is 19.8 Å². The lowest BCUT2D eigenvalue weighted by Gasteiger charge is -2.02. The van der Waals surface area contributed by atoms with Crippen LogP contribution in [0.1, 0.15) is 24.5 Å². The average Bonchev–Trinajstić information content (AvgIpc) is 2.53. The molecule has 2 rings (SSSR count). The number of carbonyl (C=O) groups excluding carboxylic acids is 2. The van der Waals surface area contributed by atoms with E-state index >= 15 is 0 Å². The van der Waals surface area contributed by atoms with Crippen molar-refractivity contribution in [2.24, 2.45) is 0 Å². The summed E-state index contributed by atoms with van der Waals surface area (Å²) in [5.74, 6) is -0.724. The lowest BCUT2D eigenvalue weighted by Crippen LogP contribution is -2.15. The molecule has 0 N–H and O–H groups in total. The van der Waals surface area contributed by atoms with Crippen LogP contribution in [0.2, 0.25) is 0 Å². The van der Waals surface area contributed by atoms with Crippen LogP contribution in [0.3, 0.4) is 0 Å². The summed E-state index contributed by atoms with van der Waals surface area (Å²) in [5, 5.41) is 0. The summed E-state index contributed by atoms with van der Waals surface area (Å²) >= 11 is 0. The van der Waals surface area contributed by atoms with Crippen LogP contribution >= 0.6 is 0 Å². The molecule has 0 fully saturated rings. The van der Waals surface area contributed by atoms with Gasteiger partial charge in [-0.25, -0.2) is 0 Å². The molecule has 0 atom stereocenters. The summed E-state index contributed by atoms with van der Waals surface area (Å²) in [6.07, 6.45) is 2.61. The van der Waals surface area contributed by atoms with Gasteiger partial charge in [-0.1, -0.05) is 60.7 Å². The van der Waals surface area contributed by atoms with Crippen LogP contribution in [0.4, 0.5) is 0 Å². The Morgan fingerprint density at radius 2 is 1.48 bits per heavy atom. The van der Waals surface area contributed by atoms with Gasteiger partial charge in [-0.15, -0.1) is 0 Å². The Bertz CT molecular complexity index is 640. The van der Waals surface area contributed by atoms with Crippen molar-refractivity contribution in [3.63, 3.8) is 0 Å². The molecule has 0 saturated heterocycles. The highest BCUT2D eigenvalue weighted by atomic mass is 16.2. The van der Waals surface area contributed by atoms with E-state index in [4.69, 9.17) is 0 Å². The monoisotopic (exact) mass is 278 g/mol. The zero-order valence-electron chi connectivity index (χ0n) is 12.1. The summed E-state index contributed by atoms with van der Waals surface area (Å²) in [4.78, 5) is 24.0. The van der Waals surface area contributed by atoms with Crippen LogP contribution in [-0.2, 0) is 16.0 Å². The maximum atomic E-state index is 12.1. The second-order valence-electron chi connectivity index (χ2n) is 4.98. The first-order valence-electron chi connectivity index (χ1n) is 7.01. The molecule has 0 bridgehead atoms. The molecule has 21 heavy (non-hydrogen) atoms. The first kappa shape index (κ1) is 14.9. The van der Waals surface area contributed by atoms with Gasteiger partial charge in [-0.05, 0) is 30.5 Å². The van der Waals surface area contributed by atoms with E-state index in [0.29, 0.717) is 12.0 Å². The van der Waals surface area contributed by atoms with Gasteiger partial charge in [-0.3, -0.25) is 9.59 Å². The number of aryl methyl sites for hydroxylation is 1. The molecule has 0 heterocycles. The quantitative estimate of drug-likeness (QED) is 0.594. The largest absolute Gasteiger partial charge is 0.290 e. The fourth-order valence-corrected chi connectivity index (χ4v) is 2.10.